The molecule has 22 heavy (non-hydrogen) atoms. The van der Waals surface area contributed by atoms with Crippen molar-refractivity contribution in [3.63, 3.8) is 0 Å². The van der Waals surface area contributed by atoms with Gasteiger partial charge in [-0.05, 0) is 30.2 Å². The van der Waals surface area contributed by atoms with Crippen molar-refractivity contribution in [1.82, 2.24) is 4.98 Å². The summed E-state index contributed by atoms with van der Waals surface area (Å²) in [5, 5.41) is 0.666. The minimum absolute atomic E-state index is 0.0673. The van der Waals surface area contributed by atoms with Gasteiger partial charge in [0.25, 0.3) is 0 Å². The molecule has 0 atom stereocenters. The van der Waals surface area contributed by atoms with Crippen LogP contribution < -0.4 is 4.90 Å². The average molecular weight is 314 g/mol. The van der Waals surface area contributed by atoms with E-state index in [4.69, 9.17) is 0 Å². The van der Waals surface area contributed by atoms with Crippen LogP contribution in [-0.4, -0.2) is 17.9 Å². The van der Waals surface area contributed by atoms with E-state index in [-0.39, 0.29) is 18.1 Å². The van der Waals surface area contributed by atoms with Gasteiger partial charge in [0, 0.05) is 13.5 Å². The van der Waals surface area contributed by atoms with Crippen LogP contribution in [-0.2, 0) is 11.2 Å². The Bertz CT molecular complexity index is 782. The molecule has 2 aromatic carbocycles. The molecule has 112 valence electrons. The number of nitrogens with zero attached hydrogens (tertiary/aromatic N) is 2. The van der Waals surface area contributed by atoms with Gasteiger partial charge < -0.3 is 0 Å². The lowest BCUT2D eigenvalue weighted by Crippen LogP contribution is -2.26. The molecule has 0 N–H and O–H groups in total. The molecule has 3 rings (SSSR count). The maximum absolute atomic E-state index is 13.6. The van der Waals surface area contributed by atoms with Crippen LogP contribution in [0.2, 0.25) is 0 Å². The summed E-state index contributed by atoms with van der Waals surface area (Å²) in [6, 6.07) is 14.3. The number of aromatic nitrogens is 1. The number of thiazole rings is 1. The minimum atomic E-state index is -0.266. The summed E-state index contributed by atoms with van der Waals surface area (Å²) in [6.07, 6.45) is 0.647. The van der Waals surface area contributed by atoms with E-state index in [1.54, 1.807) is 30.1 Å². The standard InChI is InChI=1S/C17H15FN2OS/c1-20(17-19-14-8-4-5-9-15(14)22-17)16(21)11-10-12-6-2-3-7-13(12)18/h2-9H,10-11H2,1H3. The average Bonchev–Trinajstić information content (AvgIpc) is 2.97. The second kappa shape index (κ2) is 6.23. The van der Waals surface area contributed by atoms with E-state index < -0.39 is 0 Å². The van der Waals surface area contributed by atoms with E-state index in [0.29, 0.717) is 17.1 Å². The second-order valence-electron chi connectivity index (χ2n) is 5.01. The van der Waals surface area contributed by atoms with Crippen molar-refractivity contribution in [3.05, 3.63) is 59.9 Å². The molecule has 0 unspecified atom stereocenters. The molecule has 0 bridgehead atoms. The minimum Gasteiger partial charge on any atom is -0.291 e. The van der Waals surface area contributed by atoms with Gasteiger partial charge in [-0.3, -0.25) is 9.69 Å². The Labute approximate surface area is 132 Å². The maximum Gasteiger partial charge on any atom is 0.228 e. The quantitative estimate of drug-likeness (QED) is 0.728. The Hall–Kier alpha value is -2.27. The third-order valence-electron chi connectivity index (χ3n) is 3.51. The highest BCUT2D eigenvalue weighted by molar-refractivity contribution is 7.22. The fraction of sp³-hybridized carbons (Fsp3) is 0.176. The first-order valence-corrected chi connectivity index (χ1v) is 7.82. The number of halogens is 1. The van der Waals surface area contributed by atoms with Crippen molar-refractivity contribution in [2.75, 3.05) is 11.9 Å². The lowest BCUT2D eigenvalue weighted by atomic mass is 10.1. The zero-order chi connectivity index (χ0) is 15.5. The predicted molar refractivity (Wildman–Crippen MR) is 87.8 cm³/mol. The van der Waals surface area contributed by atoms with Crippen molar-refractivity contribution in [2.45, 2.75) is 12.8 Å². The van der Waals surface area contributed by atoms with E-state index >= 15 is 0 Å². The molecule has 0 aliphatic carbocycles. The summed E-state index contributed by atoms with van der Waals surface area (Å²) in [5.41, 5.74) is 1.45. The molecule has 3 aromatic rings. The van der Waals surface area contributed by atoms with Crippen LogP contribution in [0.1, 0.15) is 12.0 Å². The molecule has 0 saturated heterocycles. The number of anilines is 1. The third kappa shape index (κ3) is 2.99. The molecule has 0 spiro atoms. The third-order valence-corrected chi connectivity index (χ3v) is 4.62. The van der Waals surface area contributed by atoms with Gasteiger partial charge in [0.15, 0.2) is 5.13 Å². The Balaban J connectivity index is 1.70. The number of carbonyl (C=O) groups is 1. The molecule has 0 radical (unpaired) electrons. The van der Waals surface area contributed by atoms with Crippen LogP contribution in [0, 0.1) is 5.82 Å². The fourth-order valence-corrected chi connectivity index (χ4v) is 3.16. The SMILES string of the molecule is CN(C(=O)CCc1ccccc1F)c1nc2ccccc2s1. The molecule has 1 heterocycles. The monoisotopic (exact) mass is 314 g/mol. The Morgan fingerprint density at radius 3 is 2.68 bits per heavy atom. The number of hydrogen-bond acceptors (Lipinski definition) is 3. The topological polar surface area (TPSA) is 33.2 Å². The number of amides is 1. The number of para-hydroxylation sites is 1. The molecule has 0 saturated carbocycles. The molecule has 0 aliphatic rings. The highest BCUT2D eigenvalue weighted by Gasteiger charge is 2.15. The van der Waals surface area contributed by atoms with Gasteiger partial charge >= 0.3 is 0 Å². The Kier molecular flexibility index (Phi) is 4.15. The number of rotatable bonds is 4. The van der Waals surface area contributed by atoms with Crippen molar-refractivity contribution < 1.29 is 9.18 Å². The molecule has 3 nitrogen and oxygen atoms in total. The molecule has 1 aromatic heterocycles. The van der Waals surface area contributed by atoms with Gasteiger partial charge in [0.05, 0.1) is 10.2 Å². The molecular weight excluding hydrogens is 299 g/mol. The van der Waals surface area contributed by atoms with Crippen LogP contribution in [0.15, 0.2) is 48.5 Å². The van der Waals surface area contributed by atoms with Crippen molar-refractivity contribution >= 4 is 32.6 Å². The van der Waals surface area contributed by atoms with Crippen LogP contribution >= 0.6 is 11.3 Å². The Morgan fingerprint density at radius 2 is 1.91 bits per heavy atom. The zero-order valence-corrected chi connectivity index (χ0v) is 12.9. The highest BCUT2D eigenvalue weighted by atomic mass is 32.1. The van der Waals surface area contributed by atoms with Gasteiger partial charge in [-0.25, -0.2) is 9.37 Å². The van der Waals surface area contributed by atoms with Gasteiger partial charge in [-0.2, -0.15) is 0 Å². The second-order valence-corrected chi connectivity index (χ2v) is 6.02. The fourth-order valence-electron chi connectivity index (χ4n) is 2.22. The normalized spacial score (nSPS) is 10.8. The molecule has 0 aliphatic heterocycles. The van der Waals surface area contributed by atoms with Crippen LogP contribution in [0.25, 0.3) is 10.2 Å². The summed E-state index contributed by atoms with van der Waals surface area (Å²) < 4.78 is 14.6. The summed E-state index contributed by atoms with van der Waals surface area (Å²) in [5.74, 6) is -0.333. The van der Waals surface area contributed by atoms with E-state index in [0.717, 1.165) is 10.2 Å². The number of benzene rings is 2. The van der Waals surface area contributed by atoms with Crippen molar-refractivity contribution in [3.8, 4) is 0 Å². The Morgan fingerprint density at radius 1 is 1.18 bits per heavy atom. The lowest BCUT2D eigenvalue weighted by Gasteiger charge is -2.13. The van der Waals surface area contributed by atoms with Gasteiger partial charge in [-0.1, -0.05) is 41.7 Å². The zero-order valence-electron chi connectivity index (χ0n) is 12.1. The van der Waals surface area contributed by atoms with Crippen molar-refractivity contribution in [2.24, 2.45) is 0 Å². The molecule has 5 heteroatoms. The van der Waals surface area contributed by atoms with Crippen LogP contribution in [0.4, 0.5) is 9.52 Å². The summed E-state index contributed by atoms with van der Waals surface area (Å²) in [4.78, 5) is 18.3. The number of carbonyl (C=O) groups excluding carboxylic acids is 1. The number of aryl methyl sites for hydroxylation is 1. The number of fused-ring (bicyclic) bond motifs is 1. The predicted octanol–water partition coefficient (Wildman–Crippen LogP) is 4.03. The first-order valence-electron chi connectivity index (χ1n) is 7.00. The van der Waals surface area contributed by atoms with E-state index in [1.165, 1.54) is 17.4 Å². The van der Waals surface area contributed by atoms with Crippen LogP contribution in [0.3, 0.4) is 0 Å². The summed E-state index contributed by atoms with van der Waals surface area (Å²) in [7, 11) is 1.71. The van der Waals surface area contributed by atoms with Gasteiger partial charge in [-0.15, -0.1) is 0 Å². The first-order chi connectivity index (χ1) is 10.6. The van der Waals surface area contributed by atoms with Gasteiger partial charge in [0.1, 0.15) is 5.82 Å². The maximum atomic E-state index is 13.6. The van der Waals surface area contributed by atoms with Crippen molar-refractivity contribution in [1.29, 1.82) is 0 Å². The van der Waals surface area contributed by atoms with E-state index in [9.17, 15) is 9.18 Å². The molecular formula is C17H15FN2OS. The van der Waals surface area contributed by atoms with E-state index in [2.05, 4.69) is 4.98 Å². The molecule has 0 fully saturated rings. The summed E-state index contributed by atoms with van der Waals surface area (Å²) >= 11 is 1.48. The smallest absolute Gasteiger partial charge is 0.228 e. The highest BCUT2D eigenvalue weighted by Crippen LogP contribution is 2.28. The summed E-state index contributed by atoms with van der Waals surface area (Å²) in [6.45, 7) is 0. The van der Waals surface area contributed by atoms with E-state index in [1.807, 2.05) is 24.3 Å². The largest absolute Gasteiger partial charge is 0.291 e. The lowest BCUT2D eigenvalue weighted by molar-refractivity contribution is -0.118. The van der Waals surface area contributed by atoms with Gasteiger partial charge in [0.2, 0.25) is 5.91 Å². The molecule has 1 amide bonds. The number of hydrogen-bond donors (Lipinski definition) is 0. The first kappa shape index (κ1) is 14.7. The van der Waals surface area contributed by atoms with Crippen LogP contribution in [0.5, 0.6) is 0 Å².